The van der Waals surface area contributed by atoms with E-state index in [1.54, 1.807) is 24.0 Å². The van der Waals surface area contributed by atoms with Crippen LogP contribution < -0.4 is 0 Å². The van der Waals surface area contributed by atoms with Crippen LogP contribution in [0.2, 0.25) is 0 Å². The van der Waals surface area contributed by atoms with Gasteiger partial charge in [0.25, 0.3) is 5.91 Å². The predicted octanol–water partition coefficient (Wildman–Crippen LogP) is 1.10. The van der Waals surface area contributed by atoms with E-state index in [0.29, 0.717) is 18.5 Å². The third-order valence-electron chi connectivity index (χ3n) is 8.11. The number of nitrogens with zero attached hydrogens (tertiary/aromatic N) is 6. The smallest absolute Gasteiger partial charge is 0.255 e. The molecule has 228 valence electrons. The minimum atomic E-state index is -1.63. The van der Waals surface area contributed by atoms with Gasteiger partial charge in [-0.15, -0.1) is 5.10 Å². The van der Waals surface area contributed by atoms with Crippen LogP contribution in [0.25, 0.3) is 11.3 Å². The van der Waals surface area contributed by atoms with Gasteiger partial charge < -0.3 is 29.7 Å². The van der Waals surface area contributed by atoms with Crippen LogP contribution in [-0.4, -0.2) is 101 Å². The van der Waals surface area contributed by atoms with Crippen LogP contribution >= 0.6 is 0 Å². The van der Waals surface area contributed by atoms with E-state index in [1.165, 1.54) is 22.9 Å². The minimum Gasteiger partial charge on any atom is -0.394 e. The number of rotatable bonds is 8. The van der Waals surface area contributed by atoms with E-state index < -0.39 is 72.6 Å². The van der Waals surface area contributed by atoms with Crippen molar-refractivity contribution in [2.45, 2.75) is 74.8 Å². The maximum absolute atomic E-state index is 14.3. The lowest BCUT2D eigenvalue weighted by Crippen LogP contribution is -2.62. The van der Waals surface area contributed by atoms with E-state index in [0.717, 1.165) is 25.0 Å². The van der Waals surface area contributed by atoms with Crippen LogP contribution in [0.3, 0.4) is 0 Å². The van der Waals surface area contributed by atoms with Crippen molar-refractivity contribution < 1.29 is 42.8 Å². The Morgan fingerprint density at radius 3 is 2.52 bits per heavy atom. The van der Waals surface area contributed by atoms with Crippen LogP contribution in [0.1, 0.15) is 37.4 Å². The number of carbonyl (C=O) groups excluding carboxylic acids is 1. The van der Waals surface area contributed by atoms with E-state index in [4.69, 9.17) is 9.47 Å². The predicted molar refractivity (Wildman–Crippen MR) is 139 cm³/mol. The molecule has 1 saturated carbocycles. The number of aryl methyl sites for hydroxylation is 1. The van der Waals surface area contributed by atoms with Gasteiger partial charge in [-0.3, -0.25) is 9.48 Å². The number of methoxy groups -OCH3 is 1. The lowest BCUT2D eigenvalue weighted by Gasteiger charge is -2.46. The number of ether oxygens (including phenoxy) is 2. The van der Waals surface area contributed by atoms with Crippen LogP contribution in [0, 0.1) is 17.5 Å². The molecule has 3 heterocycles. The average Bonchev–Trinajstić information content (AvgIpc) is 3.63. The zero-order chi connectivity index (χ0) is 30.1. The SMILES string of the molecule is CO[C@@H]1[C@@H](n2cc(-c3cc(F)c(F)c(F)c3)nn2)[C@@H](O)[C@@H](CO)O[C@H]1C(=O)N(Cc1ccnn1C)[C@H]1CCCC[C@@H]1O. The monoisotopic (exact) mass is 594 g/mol. The molecule has 1 amide bonds. The van der Waals surface area contributed by atoms with Crippen molar-refractivity contribution in [2.75, 3.05) is 13.7 Å². The van der Waals surface area contributed by atoms with Gasteiger partial charge >= 0.3 is 0 Å². The summed E-state index contributed by atoms with van der Waals surface area (Å²) in [6.45, 7) is -0.541. The molecule has 42 heavy (non-hydrogen) atoms. The molecule has 1 aliphatic carbocycles. The Labute approximate surface area is 239 Å². The van der Waals surface area contributed by atoms with Gasteiger partial charge in [0.05, 0.1) is 37.2 Å². The number of aliphatic hydroxyl groups is 3. The molecule has 1 saturated heterocycles. The molecule has 0 radical (unpaired) electrons. The second-order valence-corrected chi connectivity index (χ2v) is 10.6. The maximum atomic E-state index is 14.3. The van der Waals surface area contributed by atoms with Gasteiger partial charge in [0, 0.05) is 25.9 Å². The molecule has 2 fully saturated rings. The van der Waals surface area contributed by atoms with Crippen molar-refractivity contribution >= 4 is 5.91 Å². The van der Waals surface area contributed by atoms with Crippen molar-refractivity contribution in [3.8, 4) is 11.3 Å². The van der Waals surface area contributed by atoms with Crippen molar-refractivity contribution in [1.82, 2.24) is 29.7 Å². The van der Waals surface area contributed by atoms with Crippen LogP contribution in [0.4, 0.5) is 13.2 Å². The van der Waals surface area contributed by atoms with E-state index in [9.17, 15) is 33.3 Å². The van der Waals surface area contributed by atoms with E-state index in [-0.39, 0.29) is 17.8 Å². The summed E-state index contributed by atoms with van der Waals surface area (Å²) in [4.78, 5) is 15.8. The Morgan fingerprint density at radius 1 is 1.19 bits per heavy atom. The van der Waals surface area contributed by atoms with Gasteiger partial charge in [-0.05, 0) is 31.0 Å². The topological polar surface area (TPSA) is 148 Å². The van der Waals surface area contributed by atoms with Crippen molar-refractivity contribution in [2.24, 2.45) is 7.05 Å². The first-order valence-electron chi connectivity index (χ1n) is 13.6. The molecular weight excluding hydrogens is 561 g/mol. The first-order valence-corrected chi connectivity index (χ1v) is 13.6. The van der Waals surface area contributed by atoms with Crippen LogP contribution in [-0.2, 0) is 27.9 Å². The third-order valence-corrected chi connectivity index (χ3v) is 8.11. The number of hydrogen-bond donors (Lipinski definition) is 3. The Bertz CT molecular complexity index is 1380. The van der Waals surface area contributed by atoms with Gasteiger partial charge in [-0.1, -0.05) is 18.1 Å². The first kappa shape index (κ1) is 30.1. The lowest BCUT2D eigenvalue weighted by atomic mass is 9.88. The number of benzene rings is 1. The zero-order valence-corrected chi connectivity index (χ0v) is 23.1. The van der Waals surface area contributed by atoms with E-state index in [2.05, 4.69) is 15.4 Å². The summed E-state index contributed by atoms with van der Waals surface area (Å²) in [7, 11) is 3.05. The Balaban J connectivity index is 1.50. The summed E-state index contributed by atoms with van der Waals surface area (Å²) in [6, 6.07) is 1.61. The molecule has 1 aromatic carbocycles. The highest BCUT2D eigenvalue weighted by Gasteiger charge is 2.51. The molecule has 12 nitrogen and oxygen atoms in total. The van der Waals surface area contributed by atoms with Crippen LogP contribution in [0.15, 0.2) is 30.6 Å². The van der Waals surface area contributed by atoms with Gasteiger partial charge in [0.2, 0.25) is 0 Å². The number of hydrogen-bond acceptors (Lipinski definition) is 9. The number of amides is 1. The third kappa shape index (κ3) is 5.66. The number of aliphatic hydroxyl groups excluding tert-OH is 3. The Hall–Kier alpha value is -3.37. The van der Waals surface area contributed by atoms with Gasteiger partial charge in [-0.25, -0.2) is 17.9 Å². The summed E-state index contributed by atoms with van der Waals surface area (Å²) in [5.41, 5.74) is 0.571. The molecule has 3 aromatic rings. The highest BCUT2D eigenvalue weighted by molar-refractivity contribution is 5.82. The summed E-state index contributed by atoms with van der Waals surface area (Å²) < 4.78 is 55.7. The Morgan fingerprint density at radius 2 is 1.90 bits per heavy atom. The Kier molecular flexibility index (Phi) is 8.94. The molecule has 1 aliphatic heterocycles. The normalized spacial score (nSPS) is 28.1. The van der Waals surface area contributed by atoms with E-state index in [1.807, 2.05) is 0 Å². The van der Waals surface area contributed by atoms with Crippen molar-refractivity contribution in [3.05, 3.63) is 53.7 Å². The molecule has 3 N–H and O–H groups in total. The lowest BCUT2D eigenvalue weighted by molar-refractivity contribution is -0.219. The van der Waals surface area contributed by atoms with Gasteiger partial charge in [0.1, 0.15) is 30.0 Å². The minimum absolute atomic E-state index is 0.0343. The quantitative estimate of drug-likeness (QED) is 0.326. The molecule has 7 atom stereocenters. The van der Waals surface area contributed by atoms with Gasteiger partial charge in [-0.2, -0.15) is 5.10 Å². The molecular formula is C27H33F3N6O6. The second kappa shape index (κ2) is 12.5. The highest BCUT2D eigenvalue weighted by Crippen LogP contribution is 2.35. The molecule has 5 rings (SSSR count). The van der Waals surface area contributed by atoms with Gasteiger partial charge in [0.15, 0.2) is 23.6 Å². The average molecular weight is 595 g/mol. The van der Waals surface area contributed by atoms with E-state index >= 15 is 0 Å². The summed E-state index contributed by atoms with van der Waals surface area (Å²) in [5, 5.41) is 44.2. The summed E-state index contributed by atoms with van der Waals surface area (Å²) >= 11 is 0. The fourth-order valence-electron chi connectivity index (χ4n) is 5.83. The highest BCUT2D eigenvalue weighted by atomic mass is 19.2. The summed E-state index contributed by atoms with van der Waals surface area (Å²) in [5.74, 6) is -4.99. The standard InChI is InChI=1S/C27H33F3N6O6/c1-34-15(7-8-31-34)11-35(19-5-3-4-6-20(19)38)27(40)26-25(41-2)23(24(39)21(13-37)42-26)36-12-18(32-33-36)14-9-16(28)22(30)17(29)10-14/h7-10,12,19-21,23-26,37-39H,3-6,11,13H2,1-2H3/t19-,20-,21+,23-,24-,25+,26+/m0/s1. The van der Waals surface area contributed by atoms with Crippen LogP contribution in [0.5, 0.6) is 0 Å². The molecule has 2 aromatic heterocycles. The molecule has 0 spiro atoms. The molecule has 0 bridgehead atoms. The molecule has 15 heteroatoms. The molecule has 0 unspecified atom stereocenters. The fourth-order valence-corrected chi connectivity index (χ4v) is 5.83. The van der Waals surface area contributed by atoms with Crippen molar-refractivity contribution in [3.63, 3.8) is 0 Å². The maximum Gasteiger partial charge on any atom is 0.255 e. The summed E-state index contributed by atoms with van der Waals surface area (Å²) in [6.07, 6.45) is -0.391. The number of carbonyl (C=O) groups is 1. The first-order chi connectivity index (χ1) is 20.1. The zero-order valence-electron chi connectivity index (χ0n) is 23.1. The van der Waals surface area contributed by atoms with Crippen molar-refractivity contribution in [1.29, 1.82) is 0 Å². The number of halogens is 3. The number of aromatic nitrogens is 5. The largest absolute Gasteiger partial charge is 0.394 e. The fraction of sp³-hybridized carbons (Fsp3) is 0.556. The molecule has 2 aliphatic rings. The second-order valence-electron chi connectivity index (χ2n) is 10.6.